The Morgan fingerprint density at radius 3 is 3.17 bits per heavy atom. The molecule has 18 heavy (non-hydrogen) atoms. The second kappa shape index (κ2) is 6.42. The van der Waals surface area contributed by atoms with Gasteiger partial charge in [-0.1, -0.05) is 35.2 Å². The lowest BCUT2D eigenvalue weighted by atomic mass is 10.3. The molecule has 0 amide bonds. The molecular weight excluding hydrogens is 266 g/mol. The lowest BCUT2D eigenvalue weighted by Crippen LogP contribution is -1.90. The number of rotatable bonds is 6. The molecule has 2 rings (SSSR count). The van der Waals surface area contributed by atoms with Crippen LogP contribution in [-0.4, -0.2) is 23.1 Å². The van der Waals surface area contributed by atoms with Crippen molar-refractivity contribution in [3.8, 4) is 5.75 Å². The maximum absolute atomic E-state index is 5.16. The van der Waals surface area contributed by atoms with Gasteiger partial charge in [0.05, 0.1) is 7.11 Å². The van der Waals surface area contributed by atoms with Crippen molar-refractivity contribution in [2.24, 2.45) is 0 Å². The molecule has 0 atom stereocenters. The highest BCUT2D eigenvalue weighted by molar-refractivity contribution is 8.01. The third kappa shape index (κ3) is 3.48. The molecule has 1 heterocycles. The van der Waals surface area contributed by atoms with Crippen molar-refractivity contribution in [3.63, 3.8) is 0 Å². The standard InChI is InChI=1S/C12H13N3OS2/c1-3-7-17-12-15-14-11(18-12)13-9-5-4-6-10(8-9)16-2/h3-6,8H,1,7H2,2H3,(H,13,14). The zero-order valence-corrected chi connectivity index (χ0v) is 11.6. The van der Waals surface area contributed by atoms with Gasteiger partial charge in [-0.3, -0.25) is 0 Å². The van der Waals surface area contributed by atoms with Crippen molar-refractivity contribution < 1.29 is 4.74 Å². The summed E-state index contributed by atoms with van der Waals surface area (Å²) >= 11 is 3.14. The van der Waals surface area contributed by atoms with E-state index in [4.69, 9.17) is 4.74 Å². The zero-order chi connectivity index (χ0) is 12.8. The van der Waals surface area contributed by atoms with Gasteiger partial charge in [0.15, 0.2) is 4.34 Å². The monoisotopic (exact) mass is 279 g/mol. The zero-order valence-electron chi connectivity index (χ0n) is 9.92. The molecule has 6 heteroatoms. The number of hydrogen-bond donors (Lipinski definition) is 1. The molecule has 0 aliphatic carbocycles. The summed E-state index contributed by atoms with van der Waals surface area (Å²) in [6, 6.07) is 7.70. The number of nitrogens with one attached hydrogen (secondary N) is 1. The summed E-state index contributed by atoms with van der Waals surface area (Å²) in [6.45, 7) is 3.68. The summed E-state index contributed by atoms with van der Waals surface area (Å²) in [7, 11) is 1.65. The second-order valence-corrected chi connectivity index (χ2v) is 5.57. The van der Waals surface area contributed by atoms with Crippen molar-refractivity contribution in [3.05, 3.63) is 36.9 Å². The number of benzene rings is 1. The van der Waals surface area contributed by atoms with Gasteiger partial charge in [0, 0.05) is 17.5 Å². The molecule has 0 bridgehead atoms. The Balaban J connectivity index is 2.03. The molecule has 0 aliphatic heterocycles. The highest BCUT2D eigenvalue weighted by Gasteiger charge is 2.04. The predicted octanol–water partition coefficient (Wildman–Crippen LogP) is 3.57. The second-order valence-electron chi connectivity index (χ2n) is 3.33. The van der Waals surface area contributed by atoms with Gasteiger partial charge in [-0.05, 0) is 12.1 Å². The van der Waals surface area contributed by atoms with Gasteiger partial charge >= 0.3 is 0 Å². The maximum atomic E-state index is 5.16. The molecule has 1 N–H and O–H groups in total. The van der Waals surface area contributed by atoms with Crippen LogP contribution in [0.25, 0.3) is 0 Å². The first kappa shape index (κ1) is 12.9. The molecule has 0 fully saturated rings. The van der Waals surface area contributed by atoms with Gasteiger partial charge in [0.25, 0.3) is 0 Å². The van der Waals surface area contributed by atoms with Gasteiger partial charge in [-0.2, -0.15) is 0 Å². The minimum absolute atomic E-state index is 0.773. The number of hydrogen-bond acceptors (Lipinski definition) is 6. The Labute approximate surface area is 114 Å². The molecule has 0 aliphatic rings. The Kier molecular flexibility index (Phi) is 4.60. The van der Waals surface area contributed by atoms with E-state index in [1.807, 2.05) is 30.3 Å². The highest BCUT2D eigenvalue weighted by atomic mass is 32.2. The fourth-order valence-electron chi connectivity index (χ4n) is 1.27. The van der Waals surface area contributed by atoms with Crippen LogP contribution in [0, 0.1) is 0 Å². The largest absolute Gasteiger partial charge is 0.497 e. The van der Waals surface area contributed by atoms with E-state index < -0.39 is 0 Å². The quantitative estimate of drug-likeness (QED) is 0.647. The number of aromatic nitrogens is 2. The Morgan fingerprint density at radius 2 is 2.39 bits per heavy atom. The van der Waals surface area contributed by atoms with Gasteiger partial charge in [-0.15, -0.1) is 16.8 Å². The molecule has 0 saturated heterocycles. The summed E-state index contributed by atoms with van der Waals surface area (Å²) in [5.74, 6) is 1.65. The minimum atomic E-state index is 0.773. The van der Waals surface area contributed by atoms with Crippen LogP contribution < -0.4 is 10.1 Å². The lowest BCUT2D eigenvalue weighted by molar-refractivity contribution is 0.415. The molecule has 94 valence electrons. The molecular formula is C12H13N3OS2. The van der Waals surface area contributed by atoms with Gasteiger partial charge in [-0.25, -0.2) is 0 Å². The smallest absolute Gasteiger partial charge is 0.210 e. The normalized spacial score (nSPS) is 10.1. The van der Waals surface area contributed by atoms with Crippen LogP contribution in [0.4, 0.5) is 10.8 Å². The topological polar surface area (TPSA) is 47.0 Å². The third-order valence-electron chi connectivity index (χ3n) is 2.05. The number of ether oxygens (including phenoxy) is 1. The van der Waals surface area contributed by atoms with Crippen LogP contribution in [0.2, 0.25) is 0 Å². The van der Waals surface area contributed by atoms with Crippen LogP contribution in [0.15, 0.2) is 41.3 Å². The average Bonchev–Trinajstić information content (AvgIpc) is 2.84. The van der Waals surface area contributed by atoms with Crippen molar-refractivity contribution in [1.29, 1.82) is 0 Å². The van der Waals surface area contributed by atoms with Crippen molar-refractivity contribution in [1.82, 2.24) is 10.2 Å². The number of methoxy groups -OCH3 is 1. The summed E-state index contributed by atoms with van der Waals surface area (Å²) in [5, 5.41) is 12.1. The molecule has 0 radical (unpaired) electrons. The first-order valence-corrected chi connectivity index (χ1v) is 7.10. The summed E-state index contributed by atoms with van der Waals surface area (Å²) in [6.07, 6.45) is 1.85. The summed E-state index contributed by atoms with van der Waals surface area (Å²) in [4.78, 5) is 0. The minimum Gasteiger partial charge on any atom is -0.497 e. The fourth-order valence-corrected chi connectivity index (χ4v) is 2.81. The number of anilines is 2. The van der Waals surface area contributed by atoms with E-state index >= 15 is 0 Å². The van der Waals surface area contributed by atoms with Crippen LogP contribution >= 0.6 is 23.1 Å². The Hall–Kier alpha value is -1.53. The molecule has 2 aromatic rings. The average molecular weight is 279 g/mol. The van der Waals surface area contributed by atoms with Crippen molar-refractivity contribution in [2.45, 2.75) is 4.34 Å². The molecule has 1 aromatic carbocycles. The first-order chi connectivity index (χ1) is 8.81. The molecule has 4 nitrogen and oxygen atoms in total. The van der Waals surface area contributed by atoms with Gasteiger partial charge < -0.3 is 10.1 Å². The fraction of sp³-hybridized carbons (Fsp3) is 0.167. The van der Waals surface area contributed by atoms with E-state index in [0.717, 1.165) is 26.7 Å². The third-order valence-corrected chi connectivity index (χ3v) is 4.02. The number of thioether (sulfide) groups is 1. The maximum Gasteiger partial charge on any atom is 0.210 e. The molecule has 0 unspecified atom stereocenters. The SMILES string of the molecule is C=CCSc1nnc(Nc2cccc(OC)c2)s1. The van der Waals surface area contributed by atoms with Crippen LogP contribution in [0.5, 0.6) is 5.75 Å². The van der Waals surface area contributed by atoms with Gasteiger partial charge in [0.1, 0.15) is 5.75 Å². The van der Waals surface area contributed by atoms with E-state index in [-0.39, 0.29) is 0 Å². The van der Waals surface area contributed by atoms with E-state index in [1.165, 1.54) is 11.3 Å². The molecule has 1 aromatic heterocycles. The van der Waals surface area contributed by atoms with E-state index in [1.54, 1.807) is 18.9 Å². The predicted molar refractivity (Wildman–Crippen MR) is 77.1 cm³/mol. The van der Waals surface area contributed by atoms with Crippen LogP contribution in [0.3, 0.4) is 0 Å². The van der Waals surface area contributed by atoms with E-state index in [2.05, 4.69) is 22.1 Å². The summed E-state index contributed by atoms with van der Waals surface area (Å²) in [5.41, 5.74) is 0.936. The molecule has 0 spiro atoms. The van der Waals surface area contributed by atoms with Gasteiger partial charge in [0.2, 0.25) is 5.13 Å². The van der Waals surface area contributed by atoms with E-state index in [0.29, 0.717) is 0 Å². The van der Waals surface area contributed by atoms with Crippen molar-refractivity contribution in [2.75, 3.05) is 18.2 Å². The van der Waals surface area contributed by atoms with E-state index in [9.17, 15) is 0 Å². The van der Waals surface area contributed by atoms with Crippen LogP contribution in [-0.2, 0) is 0 Å². The van der Waals surface area contributed by atoms with Crippen LogP contribution in [0.1, 0.15) is 0 Å². The Morgan fingerprint density at radius 1 is 1.50 bits per heavy atom. The summed E-state index contributed by atoms with van der Waals surface area (Å²) < 4.78 is 6.09. The number of nitrogens with zero attached hydrogens (tertiary/aromatic N) is 2. The Bertz CT molecular complexity index is 528. The van der Waals surface area contributed by atoms with Crippen molar-refractivity contribution >= 4 is 33.9 Å². The first-order valence-electron chi connectivity index (χ1n) is 5.30. The molecule has 0 saturated carbocycles. The lowest BCUT2D eigenvalue weighted by Gasteiger charge is -2.04. The highest BCUT2D eigenvalue weighted by Crippen LogP contribution is 2.28.